The van der Waals surface area contributed by atoms with E-state index in [0.717, 1.165) is 6.42 Å². The third-order valence-electron chi connectivity index (χ3n) is 4.86. The fraction of sp³-hybridized carbons (Fsp3) is 0.500. The molecular formula is C18H22FN3O3. The van der Waals surface area contributed by atoms with Gasteiger partial charge in [-0.2, -0.15) is 0 Å². The molecule has 0 saturated carbocycles. The maximum atomic E-state index is 13.7. The molecule has 0 bridgehead atoms. The summed E-state index contributed by atoms with van der Waals surface area (Å²) >= 11 is 0. The van der Waals surface area contributed by atoms with E-state index >= 15 is 0 Å². The minimum absolute atomic E-state index is 0.0834. The Bertz CT molecular complexity index is 722. The van der Waals surface area contributed by atoms with E-state index in [2.05, 4.69) is 5.32 Å². The highest BCUT2D eigenvalue weighted by Crippen LogP contribution is 2.20. The Morgan fingerprint density at radius 3 is 2.76 bits per heavy atom. The van der Waals surface area contributed by atoms with Gasteiger partial charge in [-0.3, -0.25) is 14.4 Å². The number of hydrogen-bond donors (Lipinski definition) is 1. The van der Waals surface area contributed by atoms with Crippen molar-refractivity contribution in [2.75, 3.05) is 19.6 Å². The quantitative estimate of drug-likeness (QED) is 0.890. The molecule has 7 heteroatoms. The zero-order valence-electron chi connectivity index (χ0n) is 14.4. The molecular weight excluding hydrogens is 325 g/mol. The van der Waals surface area contributed by atoms with E-state index in [9.17, 15) is 18.8 Å². The minimum Gasteiger partial charge on any atom is -0.342 e. The summed E-state index contributed by atoms with van der Waals surface area (Å²) in [5.74, 6) is -1.07. The summed E-state index contributed by atoms with van der Waals surface area (Å²) in [7, 11) is 0. The lowest BCUT2D eigenvalue weighted by molar-refractivity contribution is -0.152. The van der Waals surface area contributed by atoms with Gasteiger partial charge in [0.25, 0.3) is 5.91 Å². The number of rotatable bonds is 3. The van der Waals surface area contributed by atoms with Crippen LogP contribution in [0, 0.1) is 12.7 Å². The summed E-state index contributed by atoms with van der Waals surface area (Å²) in [6, 6.07) is 3.21. The van der Waals surface area contributed by atoms with Crippen LogP contribution < -0.4 is 5.32 Å². The molecule has 0 unspecified atom stereocenters. The summed E-state index contributed by atoms with van der Waals surface area (Å²) in [6.45, 7) is 4.38. The predicted molar refractivity (Wildman–Crippen MR) is 89.4 cm³/mol. The first-order valence-electron chi connectivity index (χ1n) is 8.58. The second kappa shape index (κ2) is 6.82. The first kappa shape index (κ1) is 17.4. The molecule has 3 rings (SSSR count). The third kappa shape index (κ3) is 3.23. The van der Waals surface area contributed by atoms with Crippen molar-refractivity contribution in [3.05, 3.63) is 35.1 Å². The van der Waals surface area contributed by atoms with Gasteiger partial charge in [0.15, 0.2) is 0 Å². The van der Waals surface area contributed by atoms with Gasteiger partial charge in [0, 0.05) is 18.7 Å². The number of aryl methyl sites for hydroxylation is 1. The largest absolute Gasteiger partial charge is 0.342 e. The van der Waals surface area contributed by atoms with Crippen LogP contribution in [0.25, 0.3) is 0 Å². The molecule has 2 aliphatic heterocycles. The Hall–Kier alpha value is -2.44. The summed E-state index contributed by atoms with van der Waals surface area (Å²) in [4.78, 5) is 40.5. The molecule has 2 heterocycles. The first-order valence-corrected chi connectivity index (χ1v) is 8.58. The second-order valence-electron chi connectivity index (χ2n) is 6.61. The standard InChI is InChI=1S/C18H22FN3O3/c1-3-4-14-18(25)22-8-7-21(10-15(22)16(23)20-14)17(24)12-6-5-11(2)13(19)9-12/h5-6,9,14-15H,3-4,7-8,10H2,1-2H3,(H,20,23)/t14-,15+/m0/s1. The zero-order valence-corrected chi connectivity index (χ0v) is 14.4. The van der Waals surface area contributed by atoms with Gasteiger partial charge in [-0.25, -0.2) is 4.39 Å². The lowest BCUT2D eigenvalue weighted by Gasteiger charge is -2.45. The molecule has 0 aromatic heterocycles. The fourth-order valence-electron chi connectivity index (χ4n) is 3.38. The normalized spacial score (nSPS) is 23.3. The molecule has 3 amide bonds. The smallest absolute Gasteiger partial charge is 0.254 e. The number of hydrogen-bond acceptors (Lipinski definition) is 3. The van der Waals surface area contributed by atoms with Crippen LogP contribution in [0.3, 0.4) is 0 Å². The number of benzene rings is 1. The number of fused-ring (bicyclic) bond motifs is 1. The van der Waals surface area contributed by atoms with Crippen LogP contribution in [-0.4, -0.2) is 59.2 Å². The van der Waals surface area contributed by atoms with Crippen molar-refractivity contribution in [1.82, 2.24) is 15.1 Å². The topological polar surface area (TPSA) is 69.7 Å². The molecule has 2 atom stereocenters. The number of nitrogens with zero attached hydrogens (tertiary/aromatic N) is 2. The van der Waals surface area contributed by atoms with E-state index < -0.39 is 17.9 Å². The summed E-state index contributed by atoms with van der Waals surface area (Å²) < 4.78 is 13.7. The van der Waals surface area contributed by atoms with E-state index in [1.54, 1.807) is 24.0 Å². The number of amides is 3. The molecule has 0 spiro atoms. The van der Waals surface area contributed by atoms with Gasteiger partial charge in [0.2, 0.25) is 11.8 Å². The van der Waals surface area contributed by atoms with Crippen LogP contribution in [0.5, 0.6) is 0 Å². The maximum Gasteiger partial charge on any atom is 0.254 e. The van der Waals surface area contributed by atoms with E-state index in [1.807, 2.05) is 6.92 Å². The SMILES string of the molecule is CCC[C@@H]1NC(=O)[C@H]2CN(C(=O)c3ccc(C)c(F)c3)CCN2C1=O. The van der Waals surface area contributed by atoms with E-state index in [4.69, 9.17) is 0 Å². The Balaban J connectivity index is 1.74. The van der Waals surface area contributed by atoms with Crippen LogP contribution in [0.4, 0.5) is 4.39 Å². The maximum absolute atomic E-state index is 13.7. The molecule has 2 aliphatic rings. The van der Waals surface area contributed by atoms with Gasteiger partial charge in [-0.1, -0.05) is 19.4 Å². The number of carbonyl (C=O) groups is 3. The Morgan fingerprint density at radius 1 is 1.32 bits per heavy atom. The molecule has 6 nitrogen and oxygen atoms in total. The number of halogens is 1. The predicted octanol–water partition coefficient (Wildman–Crippen LogP) is 1.09. The lowest BCUT2D eigenvalue weighted by atomic mass is 10.0. The van der Waals surface area contributed by atoms with Gasteiger partial charge in [0.05, 0.1) is 6.54 Å². The van der Waals surface area contributed by atoms with Crippen molar-refractivity contribution in [1.29, 1.82) is 0 Å². The van der Waals surface area contributed by atoms with Crippen LogP contribution in [0.1, 0.15) is 35.7 Å². The van der Waals surface area contributed by atoms with Crippen LogP contribution in [0.2, 0.25) is 0 Å². The summed E-state index contributed by atoms with van der Waals surface area (Å²) in [5.41, 5.74) is 0.726. The summed E-state index contributed by atoms with van der Waals surface area (Å²) in [5, 5.41) is 2.75. The van der Waals surface area contributed by atoms with Gasteiger partial charge >= 0.3 is 0 Å². The molecule has 1 aromatic rings. The Kier molecular flexibility index (Phi) is 4.74. The zero-order chi connectivity index (χ0) is 18.1. The molecule has 25 heavy (non-hydrogen) atoms. The highest BCUT2D eigenvalue weighted by molar-refractivity contribution is 5.99. The van der Waals surface area contributed by atoms with Gasteiger partial charge < -0.3 is 15.1 Å². The molecule has 0 radical (unpaired) electrons. The van der Waals surface area contributed by atoms with E-state index in [1.165, 1.54) is 11.0 Å². The fourth-order valence-corrected chi connectivity index (χ4v) is 3.38. The first-order chi connectivity index (χ1) is 11.9. The van der Waals surface area contributed by atoms with Gasteiger partial charge in [-0.05, 0) is 31.0 Å². The number of nitrogens with one attached hydrogen (secondary N) is 1. The highest BCUT2D eigenvalue weighted by Gasteiger charge is 2.43. The average Bonchev–Trinajstić information content (AvgIpc) is 2.61. The van der Waals surface area contributed by atoms with E-state index in [0.29, 0.717) is 25.1 Å². The third-order valence-corrected chi connectivity index (χ3v) is 4.86. The molecule has 2 saturated heterocycles. The van der Waals surface area contributed by atoms with Crippen molar-refractivity contribution < 1.29 is 18.8 Å². The lowest BCUT2D eigenvalue weighted by Crippen LogP contribution is -2.69. The monoisotopic (exact) mass is 347 g/mol. The Morgan fingerprint density at radius 2 is 2.08 bits per heavy atom. The van der Waals surface area contributed by atoms with E-state index in [-0.39, 0.29) is 29.8 Å². The van der Waals surface area contributed by atoms with Crippen LogP contribution in [0.15, 0.2) is 18.2 Å². The van der Waals surface area contributed by atoms with Crippen molar-refractivity contribution in [3.8, 4) is 0 Å². The van der Waals surface area contributed by atoms with Gasteiger partial charge in [0.1, 0.15) is 17.9 Å². The molecule has 1 aromatic carbocycles. The molecule has 134 valence electrons. The average molecular weight is 347 g/mol. The van der Waals surface area contributed by atoms with Crippen LogP contribution in [-0.2, 0) is 9.59 Å². The molecule has 2 fully saturated rings. The minimum atomic E-state index is -0.673. The molecule has 1 N–H and O–H groups in total. The van der Waals surface area contributed by atoms with Crippen molar-refractivity contribution in [2.24, 2.45) is 0 Å². The van der Waals surface area contributed by atoms with Crippen molar-refractivity contribution in [3.63, 3.8) is 0 Å². The number of piperazine rings is 2. The molecule has 0 aliphatic carbocycles. The second-order valence-corrected chi connectivity index (χ2v) is 6.61. The number of carbonyl (C=O) groups excluding carboxylic acids is 3. The highest BCUT2D eigenvalue weighted by atomic mass is 19.1. The summed E-state index contributed by atoms with van der Waals surface area (Å²) in [6.07, 6.45) is 1.41. The van der Waals surface area contributed by atoms with Crippen molar-refractivity contribution in [2.45, 2.75) is 38.8 Å². The van der Waals surface area contributed by atoms with Gasteiger partial charge in [-0.15, -0.1) is 0 Å². The van der Waals surface area contributed by atoms with Crippen molar-refractivity contribution >= 4 is 17.7 Å². The van der Waals surface area contributed by atoms with Crippen LogP contribution >= 0.6 is 0 Å². The Labute approximate surface area is 146 Å².